The zero-order valence-corrected chi connectivity index (χ0v) is 16.5. The van der Waals surface area contributed by atoms with Crippen molar-refractivity contribution in [2.24, 2.45) is 4.99 Å². The summed E-state index contributed by atoms with van der Waals surface area (Å²) in [4.78, 5) is 16.6. The normalized spacial score (nSPS) is 17.4. The van der Waals surface area contributed by atoms with E-state index in [1.165, 1.54) is 6.07 Å². The van der Waals surface area contributed by atoms with Crippen LogP contribution in [0.4, 0.5) is 0 Å². The van der Waals surface area contributed by atoms with E-state index in [4.69, 9.17) is 0 Å². The molecule has 0 bridgehead atoms. The Morgan fingerprint density at radius 1 is 1.23 bits per heavy atom. The largest absolute Gasteiger partial charge is 0.350 e. The Hall–Kier alpha value is -2.19. The van der Waals surface area contributed by atoms with Gasteiger partial charge in [-0.25, -0.2) is 8.42 Å². The number of fused-ring (bicyclic) bond motifs is 1. The molecule has 2 N–H and O–H groups in total. The van der Waals surface area contributed by atoms with Gasteiger partial charge in [-0.15, -0.1) is 0 Å². The van der Waals surface area contributed by atoms with Gasteiger partial charge in [0.15, 0.2) is 0 Å². The number of sulfonamides is 1. The third kappa shape index (κ3) is 4.13. The molecule has 0 spiro atoms. The van der Waals surface area contributed by atoms with Crippen LogP contribution in [0.25, 0.3) is 0 Å². The van der Waals surface area contributed by atoms with Gasteiger partial charge in [-0.3, -0.25) is 14.5 Å². The molecule has 1 unspecified atom stereocenters. The number of amidine groups is 1. The van der Waals surface area contributed by atoms with Crippen molar-refractivity contribution in [3.05, 3.63) is 64.1 Å². The molecule has 26 heavy (non-hydrogen) atoms. The molecule has 1 heterocycles. The molecule has 0 fully saturated rings. The van der Waals surface area contributed by atoms with Crippen LogP contribution in [-0.2, 0) is 14.8 Å². The van der Waals surface area contributed by atoms with Crippen LogP contribution in [-0.4, -0.2) is 26.7 Å². The number of amides is 1. The third-order valence-corrected chi connectivity index (χ3v) is 5.89. The number of benzene rings is 2. The Kier molecular flexibility index (Phi) is 5.43. The highest BCUT2D eigenvalue weighted by Crippen LogP contribution is 2.22. The minimum Gasteiger partial charge on any atom is -0.350 e. The average molecular weight is 436 g/mol. The van der Waals surface area contributed by atoms with Gasteiger partial charge in [-0.2, -0.15) is 0 Å². The first-order valence-corrected chi connectivity index (χ1v) is 10.4. The number of carbonyl (C=O) groups excluding carboxylic acids is 1. The van der Waals surface area contributed by atoms with Gasteiger partial charge in [0.1, 0.15) is 5.84 Å². The Morgan fingerprint density at radius 3 is 2.77 bits per heavy atom. The SMILES string of the molecule is CC(NC(=O)CCN=C1NS(=O)(=O)c2ccccc21)c1cccc(Br)c1. The van der Waals surface area contributed by atoms with Crippen LogP contribution in [0.1, 0.15) is 30.5 Å². The molecular formula is C18H18BrN3O3S. The summed E-state index contributed by atoms with van der Waals surface area (Å²) in [5, 5.41) is 2.92. The number of rotatable bonds is 5. The number of hydrogen-bond acceptors (Lipinski definition) is 4. The first-order valence-electron chi connectivity index (χ1n) is 8.08. The topological polar surface area (TPSA) is 87.6 Å². The van der Waals surface area contributed by atoms with Crippen LogP contribution in [0.5, 0.6) is 0 Å². The molecule has 3 rings (SSSR count). The number of nitrogens with one attached hydrogen (secondary N) is 2. The first-order chi connectivity index (χ1) is 12.4. The number of aliphatic imine (C=N–C) groups is 1. The summed E-state index contributed by atoms with van der Waals surface area (Å²) in [6.07, 6.45) is 0.172. The Bertz CT molecular complexity index is 973. The van der Waals surface area contributed by atoms with Crippen molar-refractivity contribution in [2.45, 2.75) is 24.3 Å². The molecule has 2 aromatic carbocycles. The fourth-order valence-corrected chi connectivity index (χ4v) is 4.36. The summed E-state index contributed by atoms with van der Waals surface area (Å²) in [6.45, 7) is 2.11. The van der Waals surface area contributed by atoms with Crippen molar-refractivity contribution in [1.82, 2.24) is 10.0 Å². The monoisotopic (exact) mass is 435 g/mol. The number of hydrogen-bond donors (Lipinski definition) is 2. The first kappa shape index (κ1) is 18.6. The second-order valence-electron chi connectivity index (χ2n) is 5.93. The van der Waals surface area contributed by atoms with Crippen molar-refractivity contribution in [2.75, 3.05) is 6.54 Å². The van der Waals surface area contributed by atoms with Gasteiger partial charge < -0.3 is 5.32 Å². The summed E-state index contributed by atoms with van der Waals surface area (Å²) in [6, 6.07) is 14.3. The van der Waals surface area contributed by atoms with Crippen LogP contribution in [0, 0.1) is 0 Å². The Labute approximate surface area is 160 Å². The van der Waals surface area contributed by atoms with Crippen LogP contribution >= 0.6 is 15.9 Å². The van der Waals surface area contributed by atoms with Crippen LogP contribution in [0.15, 0.2) is 62.9 Å². The molecule has 0 aromatic heterocycles. The van der Waals surface area contributed by atoms with Crippen molar-refractivity contribution < 1.29 is 13.2 Å². The molecule has 136 valence electrons. The third-order valence-electron chi connectivity index (χ3n) is 4.00. The number of halogens is 1. The van der Waals surface area contributed by atoms with E-state index in [2.05, 4.69) is 31.0 Å². The lowest BCUT2D eigenvalue weighted by molar-refractivity contribution is -0.121. The van der Waals surface area contributed by atoms with E-state index in [9.17, 15) is 13.2 Å². The van der Waals surface area contributed by atoms with E-state index in [-0.39, 0.29) is 35.6 Å². The van der Waals surface area contributed by atoms with Gasteiger partial charge in [0.2, 0.25) is 5.91 Å². The van der Waals surface area contributed by atoms with E-state index in [0.717, 1.165) is 10.0 Å². The van der Waals surface area contributed by atoms with Crippen LogP contribution < -0.4 is 10.0 Å². The van der Waals surface area contributed by atoms with Crippen molar-refractivity contribution in [3.63, 3.8) is 0 Å². The number of nitrogens with zero attached hydrogens (tertiary/aromatic N) is 1. The lowest BCUT2D eigenvalue weighted by Crippen LogP contribution is -2.27. The molecule has 1 aliphatic rings. The summed E-state index contributed by atoms with van der Waals surface area (Å²) < 4.78 is 27.4. The van der Waals surface area contributed by atoms with E-state index >= 15 is 0 Å². The standard InChI is InChI=1S/C18H18BrN3O3S/c1-12(13-5-4-6-14(19)11-13)21-17(23)9-10-20-18-15-7-2-3-8-16(15)26(24,25)22-18/h2-8,11-12H,9-10H2,1H3,(H,20,22)(H,21,23). The molecule has 1 aliphatic heterocycles. The van der Waals surface area contributed by atoms with Crippen LogP contribution in [0.3, 0.4) is 0 Å². The predicted octanol–water partition coefficient (Wildman–Crippen LogP) is 2.76. The fraction of sp³-hybridized carbons (Fsp3) is 0.222. The second-order valence-corrected chi connectivity index (χ2v) is 8.49. The highest BCUT2D eigenvalue weighted by Gasteiger charge is 2.29. The molecule has 6 nitrogen and oxygen atoms in total. The molecule has 0 radical (unpaired) electrons. The summed E-state index contributed by atoms with van der Waals surface area (Å²) >= 11 is 3.41. The van der Waals surface area contributed by atoms with E-state index in [0.29, 0.717) is 5.56 Å². The molecule has 1 amide bonds. The Balaban J connectivity index is 1.60. The van der Waals surface area contributed by atoms with Gasteiger partial charge in [-0.1, -0.05) is 40.2 Å². The van der Waals surface area contributed by atoms with Gasteiger partial charge in [0.05, 0.1) is 17.5 Å². The summed E-state index contributed by atoms with van der Waals surface area (Å²) in [5.74, 6) is 0.143. The van der Waals surface area contributed by atoms with E-state index in [1.807, 2.05) is 31.2 Å². The van der Waals surface area contributed by atoms with Gasteiger partial charge >= 0.3 is 0 Å². The minimum absolute atomic E-state index is 0.127. The molecule has 0 saturated heterocycles. The van der Waals surface area contributed by atoms with E-state index in [1.54, 1.807) is 18.2 Å². The molecule has 0 saturated carbocycles. The second kappa shape index (κ2) is 7.59. The number of carbonyl (C=O) groups is 1. The predicted molar refractivity (Wildman–Crippen MR) is 103 cm³/mol. The van der Waals surface area contributed by atoms with Gasteiger partial charge in [0.25, 0.3) is 10.0 Å². The lowest BCUT2D eigenvalue weighted by Gasteiger charge is -2.14. The minimum atomic E-state index is -3.55. The summed E-state index contributed by atoms with van der Waals surface area (Å²) in [5.41, 5.74) is 1.53. The van der Waals surface area contributed by atoms with Gasteiger partial charge in [-0.05, 0) is 36.8 Å². The smallest absolute Gasteiger partial charge is 0.263 e. The molecule has 2 aromatic rings. The van der Waals surface area contributed by atoms with Crippen LogP contribution in [0.2, 0.25) is 0 Å². The highest BCUT2D eigenvalue weighted by molar-refractivity contribution is 9.10. The van der Waals surface area contributed by atoms with Crippen molar-refractivity contribution in [3.8, 4) is 0 Å². The molecule has 8 heteroatoms. The maximum Gasteiger partial charge on any atom is 0.263 e. The molecule has 1 atom stereocenters. The fourth-order valence-electron chi connectivity index (χ4n) is 2.69. The summed E-state index contributed by atoms with van der Waals surface area (Å²) in [7, 11) is -3.55. The lowest BCUT2D eigenvalue weighted by atomic mass is 10.1. The molecule has 0 aliphatic carbocycles. The maximum absolute atomic E-state index is 12.1. The Morgan fingerprint density at radius 2 is 2.00 bits per heavy atom. The zero-order chi connectivity index (χ0) is 18.7. The van der Waals surface area contributed by atoms with Crippen molar-refractivity contribution in [1.29, 1.82) is 0 Å². The molecular weight excluding hydrogens is 418 g/mol. The quantitative estimate of drug-likeness (QED) is 0.756. The van der Waals surface area contributed by atoms with Gasteiger partial charge in [0, 0.05) is 16.5 Å². The average Bonchev–Trinajstić information content (AvgIpc) is 2.86. The van der Waals surface area contributed by atoms with E-state index < -0.39 is 10.0 Å². The highest BCUT2D eigenvalue weighted by atomic mass is 79.9. The zero-order valence-electron chi connectivity index (χ0n) is 14.1. The maximum atomic E-state index is 12.1. The van der Waals surface area contributed by atoms with Crippen molar-refractivity contribution >= 4 is 37.7 Å².